The fraction of sp³-hybridized carbons (Fsp3) is 0.364. The summed E-state index contributed by atoms with van der Waals surface area (Å²) in [7, 11) is 1.96. The molecule has 3 heterocycles. The van der Waals surface area contributed by atoms with E-state index >= 15 is 0 Å². The molecule has 2 aliphatic rings. The maximum atomic E-state index is 6.03. The van der Waals surface area contributed by atoms with Crippen LogP contribution in [0, 0.1) is 4.77 Å². The summed E-state index contributed by atoms with van der Waals surface area (Å²) in [5.41, 5.74) is 2.24. The van der Waals surface area contributed by atoms with Crippen LogP contribution in [-0.2, 0) is 13.7 Å². The molecule has 5 rings (SSSR count). The lowest BCUT2D eigenvalue weighted by molar-refractivity contribution is 0.168. The van der Waals surface area contributed by atoms with E-state index in [0.29, 0.717) is 35.7 Å². The van der Waals surface area contributed by atoms with Crippen LogP contribution in [0.4, 0.5) is 0 Å². The molecular weight excluding hydrogens is 420 g/mol. The van der Waals surface area contributed by atoms with Crippen molar-refractivity contribution in [1.29, 1.82) is 0 Å². The molecule has 0 spiro atoms. The van der Waals surface area contributed by atoms with Crippen molar-refractivity contribution in [2.24, 2.45) is 7.05 Å². The molecule has 0 saturated carbocycles. The smallest absolute Gasteiger partial charge is 0.199 e. The summed E-state index contributed by atoms with van der Waals surface area (Å²) in [6.45, 7) is 2.87. The van der Waals surface area contributed by atoms with Crippen molar-refractivity contribution < 1.29 is 9.47 Å². The van der Waals surface area contributed by atoms with E-state index < -0.39 is 0 Å². The summed E-state index contributed by atoms with van der Waals surface area (Å²) in [5, 5.41) is 5.52. The van der Waals surface area contributed by atoms with E-state index in [-0.39, 0.29) is 0 Å². The van der Waals surface area contributed by atoms with Crippen LogP contribution in [0.1, 0.15) is 24.4 Å². The van der Waals surface area contributed by atoms with Crippen LogP contribution in [0.2, 0.25) is 5.02 Å². The van der Waals surface area contributed by atoms with Crippen molar-refractivity contribution in [3.05, 3.63) is 57.8 Å². The van der Waals surface area contributed by atoms with Gasteiger partial charge >= 0.3 is 0 Å². The predicted octanol–water partition coefficient (Wildman–Crippen LogP) is 4.84. The number of aromatic nitrogens is 3. The average molecular weight is 443 g/mol. The SMILES string of the molecule is Cn1c(-c2ccc(Cl)cc2)nn(CN2CCC[C@H]2c2ccc3c(c2)OCCO3)c1=S. The highest BCUT2D eigenvalue weighted by Crippen LogP contribution is 2.38. The van der Waals surface area contributed by atoms with E-state index in [1.807, 2.05) is 46.6 Å². The first-order chi connectivity index (χ1) is 14.6. The molecule has 1 atom stereocenters. The van der Waals surface area contributed by atoms with Crippen LogP contribution < -0.4 is 9.47 Å². The van der Waals surface area contributed by atoms with E-state index in [1.54, 1.807) is 0 Å². The van der Waals surface area contributed by atoms with Gasteiger partial charge in [-0.1, -0.05) is 17.7 Å². The van der Waals surface area contributed by atoms with Crippen LogP contribution >= 0.6 is 23.8 Å². The minimum absolute atomic E-state index is 0.309. The Kier molecular flexibility index (Phi) is 5.26. The predicted molar refractivity (Wildman–Crippen MR) is 119 cm³/mol. The molecule has 6 nitrogen and oxygen atoms in total. The van der Waals surface area contributed by atoms with E-state index in [4.69, 9.17) is 38.4 Å². The van der Waals surface area contributed by atoms with Crippen molar-refractivity contribution in [2.75, 3.05) is 19.8 Å². The first kappa shape index (κ1) is 19.6. The van der Waals surface area contributed by atoms with Crippen molar-refractivity contribution in [3.8, 4) is 22.9 Å². The van der Waals surface area contributed by atoms with Crippen LogP contribution in [0.25, 0.3) is 11.4 Å². The molecule has 156 valence electrons. The number of fused-ring (bicyclic) bond motifs is 1. The highest BCUT2D eigenvalue weighted by molar-refractivity contribution is 7.71. The second kappa shape index (κ2) is 8.06. The van der Waals surface area contributed by atoms with Crippen LogP contribution in [0.5, 0.6) is 11.5 Å². The third-order valence-electron chi connectivity index (χ3n) is 5.77. The number of benzene rings is 2. The number of halogens is 1. The van der Waals surface area contributed by atoms with Crippen molar-refractivity contribution in [2.45, 2.75) is 25.6 Å². The lowest BCUT2D eigenvalue weighted by Gasteiger charge is -2.26. The molecule has 1 fully saturated rings. The fourth-order valence-electron chi connectivity index (χ4n) is 4.24. The maximum Gasteiger partial charge on any atom is 0.199 e. The van der Waals surface area contributed by atoms with Gasteiger partial charge < -0.3 is 14.0 Å². The van der Waals surface area contributed by atoms with Gasteiger partial charge in [0.05, 0.1) is 6.67 Å². The molecule has 3 aromatic rings. The number of hydrogen-bond donors (Lipinski definition) is 0. The van der Waals surface area contributed by atoms with Gasteiger partial charge in [-0.05, 0) is 67.0 Å². The molecule has 0 unspecified atom stereocenters. The summed E-state index contributed by atoms with van der Waals surface area (Å²) in [5.74, 6) is 2.51. The van der Waals surface area contributed by atoms with Gasteiger partial charge in [0.25, 0.3) is 0 Å². The molecule has 30 heavy (non-hydrogen) atoms. The zero-order chi connectivity index (χ0) is 20.7. The number of hydrogen-bond acceptors (Lipinski definition) is 5. The first-order valence-electron chi connectivity index (χ1n) is 10.1. The van der Waals surface area contributed by atoms with Gasteiger partial charge in [-0.3, -0.25) is 4.90 Å². The molecule has 1 saturated heterocycles. The zero-order valence-electron chi connectivity index (χ0n) is 16.8. The van der Waals surface area contributed by atoms with Crippen LogP contribution in [0.3, 0.4) is 0 Å². The quantitative estimate of drug-likeness (QED) is 0.541. The molecule has 2 aromatic carbocycles. The average Bonchev–Trinajstić information content (AvgIpc) is 3.34. The normalized spacial score (nSPS) is 18.7. The van der Waals surface area contributed by atoms with Gasteiger partial charge in [-0.25, -0.2) is 4.68 Å². The van der Waals surface area contributed by atoms with Gasteiger partial charge in [0.1, 0.15) is 13.2 Å². The summed E-state index contributed by atoms with van der Waals surface area (Å²) < 4.78 is 16.0. The van der Waals surface area contributed by atoms with Gasteiger partial charge in [0.15, 0.2) is 22.1 Å². The Labute approximate surface area is 185 Å². The Morgan fingerprint density at radius 2 is 1.87 bits per heavy atom. The lowest BCUT2D eigenvalue weighted by Crippen LogP contribution is -2.27. The summed E-state index contributed by atoms with van der Waals surface area (Å²) in [6.07, 6.45) is 2.24. The van der Waals surface area contributed by atoms with Gasteiger partial charge in [-0.2, -0.15) is 5.10 Å². The lowest BCUT2D eigenvalue weighted by atomic mass is 10.0. The third-order valence-corrected chi connectivity index (χ3v) is 6.51. The molecule has 0 radical (unpaired) electrons. The Bertz CT molecular complexity index is 1130. The minimum Gasteiger partial charge on any atom is -0.486 e. The fourth-order valence-corrected chi connectivity index (χ4v) is 4.55. The second-order valence-corrected chi connectivity index (χ2v) is 8.49. The third kappa shape index (κ3) is 3.62. The Morgan fingerprint density at radius 1 is 1.10 bits per heavy atom. The standard InChI is InChI=1S/C22H23ClN4O2S/c1-25-21(15-4-7-17(23)8-5-15)24-27(22(25)30)14-26-10-2-3-18(26)16-6-9-19-20(13-16)29-12-11-28-19/h4-9,13,18H,2-3,10-12,14H2,1H3/t18-/m0/s1. The molecule has 8 heteroatoms. The number of rotatable bonds is 4. The largest absolute Gasteiger partial charge is 0.486 e. The van der Waals surface area contributed by atoms with Crippen LogP contribution in [0.15, 0.2) is 42.5 Å². The van der Waals surface area contributed by atoms with E-state index in [1.165, 1.54) is 5.56 Å². The molecular formula is C22H23ClN4O2S. The summed E-state index contributed by atoms with van der Waals surface area (Å²) in [6, 6.07) is 14.3. The Morgan fingerprint density at radius 3 is 2.67 bits per heavy atom. The molecule has 2 aliphatic heterocycles. The van der Waals surface area contributed by atoms with Gasteiger partial charge in [0, 0.05) is 30.2 Å². The van der Waals surface area contributed by atoms with Crippen LogP contribution in [-0.4, -0.2) is 39.0 Å². The molecule has 0 N–H and O–H groups in total. The Hall–Kier alpha value is -2.35. The molecule has 0 bridgehead atoms. The van der Waals surface area contributed by atoms with Crippen molar-refractivity contribution in [1.82, 2.24) is 19.2 Å². The van der Waals surface area contributed by atoms with Crippen molar-refractivity contribution in [3.63, 3.8) is 0 Å². The van der Waals surface area contributed by atoms with E-state index in [2.05, 4.69) is 17.0 Å². The van der Waals surface area contributed by atoms with Crippen molar-refractivity contribution >= 4 is 23.8 Å². The van der Waals surface area contributed by atoms with E-state index in [0.717, 1.165) is 42.3 Å². The highest BCUT2D eigenvalue weighted by Gasteiger charge is 2.28. The zero-order valence-corrected chi connectivity index (χ0v) is 18.3. The highest BCUT2D eigenvalue weighted by atomic mass is 35.5. The second-order valence-electron chi connectivity index (χ2n) is 7.69. The summed E-state index contributed by atoms with van der Waals surface area (Å²) >= 11 is 11.7. The topological polar surface area (TPSA) is 44.5 Å². The Balaban J connectivity index is 1.41. The number of ether oxygens (including phenoxy) is 2. The molecule has 1 aromatic heterocycles. The number of likely N-dealkylation sites (tertiary alicyclic amines) is 1. The number of nitrogens with zero attached hydrogens (tertiary/aromatic N) is 4. The van der Waals surface area contributed by atoms with Gasteiger partial charge in [0.2, 0.25) is 0 Å². The monoisotopic (exact) mass is 442 g/mol. The molecule has 0 aliphatic carbocycles. The first-order valence-corrected chi connectivity index (χ1v) is 10.9. The summed E-state index contributed by atoms with van der Waals surface area (Å²) in [4.78, 5) is 2.43. The molecule has 0 amide bonds. The maximum absolute atomic E-state index is 6.03. The van der Waals surface area contributed by atoms with Gasteiger partial charge in [-0.15, -0.1) is 0 Å². The van der Waals surface area contributed by atoms with E-state index in [9.17, 15) is 0 Å². The minimum atomic E-state index is 0.309.